The normalized spacial score (nSPS) is 20.1. The van der Waals surface area contributed by atoms with Crippen LogP contribution in [-0.2, 0) is 0 Å². The molecule has 2 rings (SSSR count). The lowest BCUT2D eigenvalue weighted by atomic mass is 9.89. The Balaban J connectivity index is 2.07. The molecule has 0 spiro atoms. The van der Waals surface area contributed by atoms with E-state index in [2.05, 4.69) is 17.5 Å². The summed E-state index contributed by atoms with van der Waals surface area (Å²) in [5, 5.41) is 4.26. The average molecular weight is 290 g/mol. The Morgan fingerprint density at radius 3 is 2.48 bits per heavy atom. The quantitative estimate of drug-likeness (QED) is 0.867. The maximum Gasteiger partial charge on any atom is 0.271 e. The van der Waals surface area contributed by atoms with Crippen LogP contribution in [0.5, 0.6) is 11.5 Å². The summed E-state index contributed by atoms with van der Waals surface area (Å²) in [5.74, 6) is 1.56. The van der Waals surface area contributed by atoms with E-state index in [4.69, 9.17) is 9.47 Å². The Labute approximate surface area is 125 Å². The van der Waals surface area contributed by atoms with E-state index in [1.54, 1.807) is 32.4 Å². The van der Waals surface area contributed by atoms with Gasteiger partial charge in [0.15, 0.2) is 0 Å². The van der Waals surface area contributed by atoms with Gasteiger partial charge in [-0.25, -0.2) is 5.43 Å². The van der Waals surface area contributed by atoms with Gasteiger partial charge >= 0.3 is 0 Å². The van der Waals surface area contributed by atoms with Gasteiger partial charge in [-0.1, -0.05) is 6.92 Å². The van der Waals surface area contributed by atoms with Crippen LogP contribution in [0.25, 0.3) is 0 Å². The molecule has 0 aromatic heterocycles. The average Bonchev–Trinajstić information content (AvgIpc) is 2.52. The third kappa shape index (κ3) is 4.21. The third-order valence-electron chi connectivity index (χ3n) is 3.68. The van der Waals surface area contributed by atoms with E-state index in [0.29, 0.717) is 23.0 Å². The molecular formula is C16H22N2O3. The van der Waals surface area contributed by atoms with Crippen molar-refractivity contribution in [2.75, 3.05) is 14.2 Å². The van der Waals surface area contributed by atoms with E-state index in [1.807, 2.05) is 0 Å². The van der Waals surface area contributed by atoms with Crippen LogP contribution >= 0.6 is 0 Å². The molecule has 0 unspecified atom stereocenters. The van der Waals surface area contributed by atoms with Crippen molar-refractivity contribution >= 4 is 11.6 Å². The molecule has 0 saturated heterocycles. The number of nitrogens with one attached hydrogen (secondary N) is 1. The van der Waals surface area contributed by atoms with Crippen LogP contribution in [0.3, 0.4) is 0 Å². The predicted octanol–water partition coefficient (Wildman–Crippen LogP) is 3.00. The fourth-order valence-electron chi connectivity index (χ4n) is 2.50. The van der Waals surface area contributed by atoms with Gasteiger partial charge in [0.05, 0.1) is 14.2 Å². The molecule has 0 heterocycles. The second kappa shape index (κ2) is 7.11. The van der Waals surface area contributed by atoms with Crippen molar-refractivity contribution in [3.05, 3.63) is 23.8 Å². The molecule has 1 aromatic rings. The Hall–Kier alpha value is -2.04. The molecule has 0 radical (unpaired) electrons. The van der Waals surface area contributed by atoms with Crippen LogP contribution in [0.1, 0.15) is 43.0 Å². The number of hydrogen-bond acceptors (Lipinski definition) is 4. The molecule has 1 N–H and O–H groups in total. The van der Waals surface area contributed by atoms with E-state index < -0.39 is 0 Å². The largest absolute Gasteiger partial charge is 0.497 e. The molecule has 1 fully saturated rings. The van der Waals surface area contributed by atoms with Crippen molar-refractivity contribution in [2.24, 2.45) is 11.0 Å². The molecule has 1 aliphatic carbocycles. The number of carbonyl (C=O) groups is 1. The number of carbonyl (C=O) groups excluding carboxylic acids is 1. The fraction of sp³-hybridized carbons (Fsp3) is 0.500. The van der Waals surface area contributed by atoms with Crippen molar-refractivity contribution < 1.29 is 14.3 Å². The molecule has 1 aromatic carbocycles. The molecule has 114 valence electrons. The number of nitrogens with zero attached hydrogens (tertiary/aromatic N) is 1. The minimum Gasteiger partial charge on any atom is -0.497 e. The number of ether oxygens (including phenoxy) is 2. The lowest BCUT2D eigenvalue weighted by Crippen LogP contribution is -2.22. The minimum atomic E-state index is -0.252. The van der Waals surface area contributed by atoms with Crippen LogP contribution in [0, 0.1) is 5.92 Å². The smallest absolute Gasteiger partial charge is 0.271 e. The zero-order valence-corrected chi connectivity index (χ0v) is 12.8. The topological polar surface area (TPSA) is 59.9 Å². The monoisotopic (exact) mass is 290 g/mol. The van der Waals surface area contributed by atoms with E-state index in [9.17, 15) is 4.79 Å². The molecule has 1 aliphatic rings. The summed E-state index contributed by atoms with van der Waals surface area (Å²) in [7, 11) is 3.11. The van der Waals surface area contributed by atoms with E-state index in [1.165, 1.54) is 6.42 Å². The van der Waals surface area contributed by atoms with E-state index >= 15 is 0 Å². The number of rotatable bonds is 4. The molecule has 5 nitrogen and oxygen atoms in total. The Morgan fingerprint density at radius 1 is 1.24 bits per heavy atom. The zero-order chi connectivity index (χ0) is 15.2. The highest BCUT2D eigenvalue weighted by Crippen LogP contribution is 2.23. The number of hydrazone groups is 1. The second-order valence-electron chi connectivity index (χ2n) is 5.42. The van der Waals surface area contributed by atoms with Gasteiger partial charge < -0.3 is 9.47 Å². The van der Waals surface area contributed by atoms with Crippen LogP contribution in [0.15, 0.2) is 23.3 Å². The molecule has 0 bridgehead atoms. The number of methoxy groups -OCH3 is 2. The molecular weight excluding hydrogens is 268 g/mol. The predicted molar refractivity (Wildman–Crippen MR) is 82.1 cm³/mol. The van der Waals surface area contributed by atoms with Crippen LogP contribution in [-0.4, -0.2) is 25.8 Å². The summed E-state index contributed by atoms with van der Waals surface area (Å²) in [5.41, 5.74) is 4.17. The maximum absolute atomic E-state index is 12.2. The summed E-state index contributed by atoms with van der Waals surface area (Å²) < 4.78 is 10.3. The first-order valence-electron chi connectivity index (χ1n) is 7.21. The standard InChI is InChI=1S/C16H22N2O3/c1-11-5-4-6-13(7-11)17-18-16(19)12-8-14(20-2)10-15(9-12)21-3/h8-11H,4-7H2,1-3H3,(H,18,19)/b17-13-/t11-/m1/s1. The van der Waals surface area contributed by atoms with Crippen molar-refractivity contribution in [2.45, 2.75) is 32.6 Å². The lowest BCUT2D eigenvalue weighted by molar-refractivity contribution is 0.0953. The number of amides is 1. The SMILES string of the molecule is COc1cc(OC)cc(C(=O)N/N=C2/CCC[C@@H](C)C2)c1. The van der Waals surface area contributed by atoms with Crippen molar-refractivity contribution in [1.82, 2.24) is 5.43 Å². The molecule has 5 heteroatoms. The highest BCUT2D eigenvalue weighted by atomic mass is 16.5. The highest BCUT2D eigenvalue weighted by Gasteiger charge is 2.15. The third-order valence-corrected chi connectivity index (χ3v) is 3.68. The van der Waals surface area contributed by atoms with Crippen molar-refractivity contribution in [1.29, 1.82) is 0 Å². The fourth-order valence-corrected chi connectivity index (χ4v) is 2.50. The lowest BCUT2D eigenvalue weighted by Gasteiger charge is -2.19. The van der Waals surface area contributed by atoms with Crippen LogP contribution in [0.4, 0.5) is 0 Å². The van der Waals surface area contributed by atoms with Gasteiger partial charge in [-0.3, -0.25) is 4.79 Å². The summed E-state index contributed by atoms with van der Waals surface area (Å²) in [6.45, 7) is 2.21. The first-order chi connectivity index (χ1) is 10.1. The van der Waals surface area contributed by atoms with E-state index in [-0.39, 0.29) is 5.91 Å². The van der Waals surface area contributed by atoms with Gasteiger partial charge in [-0.2, -0.15) is 5.10 Å². The zero-order valence-electron chi connectivity index (χ0n) is 12.8. The number of benzene rings is 1. The van der Waals surface area contributed by atoms with Crippen LogP contribution < -0.4 is 14.9 Å². The first-order valence-corrected chi connectivity index (χ1v) is 7.21. The van der Waals surface area contributed by atoms with Crippen LogP contribution in [0.2, 0.25) is 0 Å². The van der Waals surface area contributed by atoms with Gasteiger partial charge in [0.2, 0.25) is 0 Å². The minimum absolute atomic E-state index is 0.252. The Morgan fingerprint density at radius 2 is 1.90 bits per heavy atom. The Kier molecular flexibility index (Phi) is 5.20. The Bertz CT molecular complexity index is 518. The van der Waals surface area contributed by atoms with Crippen molar-refractivity contribution in [3.63, 3.8) is 0 Å². The summed E-state index contributed by atoms with van der Waals surface area (Å²) >= 11 is 0. The molecule has 1 amide bonds. The summed E-state index contributed by atoms with van der Waals surface area (Å²) in [4.78, 5) is 12.2. The maximum atomic E-state index is 12.2. The van der Waals surface area contributed by atoms with Crippen molar-refractivity contribution in [3.8, 4) is 11.5 Å². The summed E-state index contributed by atoms with van der Waals surface area (Å²) in [6.07, 6.45) is 4.30. The first kappa shape index (κ1) is 15.4. The van der Waals surface area contributed by atoms with Gasteiger partial charge in [-0.15, -0.1) is 0 Å². The highest BCUT2D eigenvalue weighted by molar-refractivity contribution is 5.96. The van der Waals surface area contributed by atoms with Gasteiger partial charge in [0.1, 0.15) is 11.5 Å². The molecule has 1 saturated carbocycles. The molecule has 21 heavy (non-hydrogen) atoms. The van der Waals surface area contributed by atoms with Gasteiger partial charge in [0, 0.05) is 17.3 Å². The molecule has 0 aliphatic heterocycles. The summed E-state index contributed by atoms with van der Waals surface area (Å²) in [6, 6.07) is 5.06. The van der Waals surface area contributed by atoms with Gasteiger partial charge in [0.25, 0.3) is 5.91 Å². The second-order valence-corrected chi connectivity index (χ2v) is 5.42. The van der Waals surface area contributed by atoms with Gasteiger partial charge in [-0.05, 0) is 43.7 Å². The molecule has 1 atom stereocenters. The van der Waals surface area contributed by atoms with E-state index in [0.717, 1.165) is 25.0 Å². The number of hydrogen-bond donors (Lipinski definition) is 1.